The molecule has 0 saturated heterocycles. The average molecular weight is 194 g/mol. The average Bonchev–Trinajstić information content (AvgIpc) is 2.25. The van der Waals surface area contributed by atoms with E-state index >= 15 is 0 Å². The summed E-state index contributed by atoms with van der Waals surface area (Å²) in [4.78, 5) is 6.47. The van der Waals surface area contributed by atoms with Crippen molar-refractivity contribution in [1.82, 2.24) is 9.88 Å². The van der Waals surface area contributed by atoms with E-state index < -0.39 is 0 Å². The van der Waals surface area contributed by atoms with Gasteiger partial charge in [-0.1, -0.05) is 6.07 Å². The molecule has 3 nitrogen and oxygen atoms in total. The van der Waals surface area contributed by atoms with Gasteiger partial charge in [-0.25, -0.2) is 0 Å². The Morgan fingerprint density at radius 3 is 2.86 bits per heavy atom. The Morgan fingerprint density at radius 2 is 2.21 bits per heavy atom. The molecule has 0 aliphatic rings. The van der Waals surface area contributed by atoms with Gasteiger partial charge in [-0.3, -0.25) is 4.98 Å². The topological polar surface area (TPSA) is 36.4 Å². The third-order valence-electron chi connectivity index (χ3n) is 2.17. The molecule has 14 heavy (non-hydrogen) atoms. The molecule has 78 valence electrons. The van der Waals surface area contributed by atoms with Crippen LogP contribution in [-0.4, -0.2) is 41.7 Å². The van der Waals surface area contributed by atoms with Crippen LogP contribution in [0, 0.1) is 0 Å². The molecule has 3 heteroatoms. The highest BCUT2D eigenvalue weighted by Gasteiger charge is 1.98. The fraction of sp³-hybridized carbons (Fsp3) is 0.545. The monoisotopic (exact) mass is 194 g/mol. The quantitative estimate of drug-likeness (QED) is 0.732. The van der Waals surface area contributed by atoms with Crippen LogP contribution < -0.4 is 0 Å². The summed E-state index contributed by atoms with van der Waals surface area (Å²) in [5.41, 5.74) is 1.13. The minimum atomic E-state index is 0.272. The molecular weight excluding hydrogens is 176 g/mol. The smallest absolute Gasteiger partial charge is 0.0443 e. The van der Waals surface area contributed by atoms with Crippen LogP contribution >= 0.6 is 0 Å². The number of aliphatic hydroxyl groups excluding tert-OH is 1. The Labute approximate surface area is 85.4 Å². The molecule has 0 unspecified atom stereocenters. The molecule has 1 aromatic heterocycles. The van der Waals surface area contributed by atoms with Gasteiger partial charge in [-0.2, -0.15) is 0 Å². The van der Waals surface area contributed by atoms with Crippen LogP contribution in [0.5, 0.6) is 0 Å². The van der Waals surface area contributed by atoms with Gasteiger partial charge in [-0.15, -0.1) is 0 Å². The Kier molecular flexibility index (Phi) is 5.19. The van der Waals surface area contributed by atoms with Gasteiger partial charge < -0.3 is 10.0 Å². The zero-order valence-electron chi connectivity index (χ0n) is 8.69. The molecule has 0 radical (unpaired) electrons. The lowest BCUT2D eigenvalue weighted by atomic mass is 10.2. The molecule has 0 atom stereocenters. The second kappa shape index (κ2) is 6.51. The molecule has 0 bridgehead atoms. The maximum atomic E-state index is 8.66. The van der Waals surface area contributed by atoms with Crippen LogP contribution in [0.25, 0.3) is 0 Å². The third kappa shape index (κ3) is 4.35. The van der Waals surface area contributed by atoms with Crippen molar-refractivity contribution in [3.8, 4) is 0 Å². The van der Waals surface area contributed by atoms with Gasteiger partial charge in [0, 0.05) is 38.0 Å². The van der Waals surface area contributed by atoms with E-state index in [1.165, 1.54) is 0 Å². The second-order valence-electron chi connectivity index (χ2n) is 3.45. The summed E-state index contributed by atoms with van der Waals surface area (Å²) in [6.45, 7) is 2.22. The third-order valence-corrected chi connectivity index (χ3v) is 2.17. The van der Waals surface area contributed by atoms with Crippen molar-refractivity contribution in [3.05, 3.63) is 30.1 Å². The number of rotatable bonds is 6. The van der Waals surface area contributed by atoms with Gasteiger partial charge in [-0.05, 0) is 25.6 Å². The summed E-state index contributed by atoms with van der Waals surface area (Å²) in [5, 5.41) is 8.66. The van der Waals surface area contributed by atoms with Gasteiger partial charge in [0.25, 0.3) is 0 Å². The van der Waals surface area contributed by atoms with Gasteiger partial charge >= 0.3 is 0 Å². The lowest BCUT2D eigenvalue weighted by molar-refractivity contribution is 0.248. The maximum Gasteiger partial charge on any atom is 0.0443 e. The first kappa shape index (κ1) is 11.1. The van der Waals surface area contributed by atoms with E-state index in [-0.39, 0.29) is 6.61 Å². The van der Waals surface area contributed by atoms with Crippen LogP contribution in [0.4, 0.5) is 0 Å². The molecule has 0 saturated carbocycles. The number of hydrogen-bond donors (Lipinski definition) is 1. The summed E-state index contributed by atoms with van der Waals surface area (Å²) in [6.07, 6.45) is 3.64. The van der Waals surface area contributed by atoms with Crippen LogP contribution in [0.15, 0.2) is 24.4 Å². The predicted octanol–water partition coefficient (Wildman–Crippen LogP) is 0.938. The maximum absolute atomic E-state index is 8.66. The van der Waals surface area contributed by atoms with Crippen molar-refractivity contribution in [3.63, 3.8) is 0 Å². The zero-order chi connectivity index (χ0) is 10.2. The van der Waals surface area contributed by atoms with Crippen molar-refractivity contribution < 1.29 is 5.11 Å². The standard InChI is InChI=1S/C11H18N2O/c1-13(8-4-10-14)9-6-11-5-2-3-7-12-11/h2-3,5,7,14H,4,6,8-10H2,1H3. The summed E-state index contributed by atoms with van der Waals surface area (Å²) in [5.74, 6) is 0. The van der Waals surface area contributed by atoms with E-state index in [1.54, 1.807) is 0 Å². The number of aromatic nitrogens is 1. The summed E-state index contributed by atoms with van der Waals surface area (Å²) < 4.78 is 0. The van der Waals surface area contributed by atoms with Crippen LogP contribution in [0.1, 0.15) is 12.1 Å². The number of aliphatic hydroxyl groups is 1. The minimum Gasteiger partial charge on any atom is -0.396 e. The molecular formula is C11H18N2O. The first-order valence-electron chi connectivity index (χ1n) is 5.02. The number of hydrogen-bond acceptors (Lipinski definition) is 3. The van der Waals surface area contributed by atoms with Gasteiger partial charge in [0.15, 0.2) is 0 Å². The van der Waals surface area contributed by atoms with Crippen LogP contribution in [0.3, 0.4) is 0 Å². The molecule has 0 aliphatic carbocycles. The highest BCUT2D eigenvalue weighted by molar-refractivity contribution is 5.03. The van der Waals surface area contributed by atoms with Crippen LogP contribution in [0.2, 0.25) is 0 Å². The molecule has 1 rings (SSSR count). The second-order valence-corrected chi connectivity index (χ2v) is 3.45. The molecule has 0 fully saturated rings. The van der Waals surface area contributed by atoms with Crippen LogP contribution in [-0.2, 0) is 6.42 Å². The first-order chi connectivity index (χ1) is 6.83. The Hall–Kier alpha value is -0.930. The van der Waals surface area contributed by atoms with Gasteiger partial charge in [0.2, 0.25) is 0 Å². The van der Waals surface area contributed by atoms with Gasteiger partial charge in [0.05, 0.1) is 0 Å². The number of likely N-dealkylation sites (N-methyl/N-ethyl adjacent to an activating group) is 1. The molecule has 0 spiro atoms. The SMILES string of the molecule is CN(CCCO)CCc1ccccn1. The largest absolute Gasteiger partial charge is 0.396 e. The summed E-state index contributed by atoms with van der Waals surface area (Å²) >= 11 is 0. The Balaban J connectivity index is 2.20. The summed E-state index contributed by atoms with van der Waals surface area (Å²) in [7, 11) is 2.07. The van der Waals surface area contributed by atoms with Crippen molar-refractivity contribution >= 4 is 0 Å². The Bertz CT molecular complexity index is 238. The number of pyridine rings is 1. The Morgan fingerprint density at radius 1 is 1.36 bits per heavy atom. The van der Waals surface area contributed by atoms with E-state index in [4.69, 9.17) is 5.11 Å². The number of nitrogens with zero attached hydrogens (tertiary/aromatic N) is 2. The zero-order valence-corrected chi connectivity index (χ0v) is 8.69. The fourth-order valence-electron chi connectivity index (χ4n) is 1.30. The molecule has 1 aromatic rings. The fourth-order valence-corrected chi connectivity index (χ4v) is 1.30. The van der Waals surface area contributed by atoms with E-state index in [2.05, 4.69) is 16.9 Å². The van der Waals surface area contributed by atoms with E-state index in [1.807, 2.05) is 24.4 Å². The van der Waals surface area contributed by atoms with Crippen molar-refractivity contribution in [2.45, 2.75) is 12.8 Å². The highest BCUT2D eigenvalue weighted by Crippen LogP contribution is 1.96. The highest BCUT2D eigenvalue weighted by atomic mass is 16.3. The van der Waals surface area contributed by atoms with Gasteiger partial charge in [0.1, 0.15) is 0 Å². The molecule has 0 amide bonds. The van der Waals surface area contributed by atoms with Crippen molar-refractivity contribution in [2.24, 2.45) is 0 Å². The van der Waals surface area contributed by atoms with Crippen molar-refractivity contribution in [1.29, 1.82) is 0 Å². The molecule has 0 aromatic carbocycles. The van der Waals surface area contributed by atoms with Crippen molar-refractivity contribution in [2.75, 3.05) is 26.7 Å². The molecule has 1 N–H and O–H groups in total. The van der Waals surface area contributed by atoms with E-state index in [0.717, 1.165) is 31.6 Å². The lowest BCUT2D eigenvalue weighted by Gasteiger charge is -2.15. The minimum absolute atomic E-state index is 0.272. The lowest BCUT2D eigenvalue weighted by Crippen LogP contribution is -2.23. The molecule has 1 heterocycles. The van der Waals surface area contributed by atoms with E-state index in [0.29, 0.717) is 0 Å². The molecule has 0 aliphatic heterocycles. The predicted molar refractivity (Wildman–Crippen MR) is 57.1 cm³/mol. The van der Waals surface area contributed by atoms with E-state index in [9.17, 15) is 0 Å². The summed E-state index contributed by atoms with van der Waals surface area (Å²) in [6, 6.07) is 5.98. The first-order valence-corrected chi connectivity index (χ1v) is 5.02. The normalized spacial score (nSPS) is 10.8.